The van der Waals surface area contributed by atoms with Crippen molar-refractivity contribution in [1.29, 1.82) is 0 Å². The second-order valence-electron chi connectivity index (χ2n) is 10.5. The van der Waals surface area contributed by atoms with Crippen molar-refractivity contribution in [3.63, 3.8) is 0 Å². The molecule has 2 heterocycles. The Morgan fingerprint density at radius 2 is 1.56 bits per heavy atom. The monoisotopic (exact) mass is 606 g/mol. The van der Waals surface area contributed by atoms with Gasteiger partial charge in [-0.25, -0.2) is 8.42 Å². The quantitative estimate of drug-likeness (QED) is 0.186. The Morgan fingerprint density at radius 3 is 2.23 bits per heavy atom. The summed E-state index contributed by atoms with van der Waals surface area (Å²) in [5, 5.41) is 0.951. The first-order valence-corrected chi connectivity index (χ1v) is 15.8. The molecule has 43 heavy (non-hydrogen) atoms. The van der Waals surface area contributed by atoms with Crippen LogP contribution in [0, 0.1) is 0 Å². The molecule has 0 aliphatic carbocycles. The molecule has 1 aliphatic heterocycles. The van der Waals surface area contributed by atoms with Gasteiger partial charge in [-0.2, -0.15) is 4.31 Å². The maximum atomic E-state index is 14.6. The molecule has 4 aromatic rings. The van der Waals surface area contributed by atoms with E-state index in [9.17, 15) is 13.2 Å². The van der Waals surface area contributed by atoms with E-state index in [1.807, 2.05) is 24.3 Å². The van der Waals surface area contributed by atoms with Crippen LogP contribution in [0.4, 0.5) is 0 Å². The minimum absolute atomic E-state index is 0.0535. The second-order valence-corrected chi connectivity index (χ2v) is 12.5. The molecule has 1 saturated heterocycles. The zero-order chi connectivity index (χ0) is 30.7. The molecular formula is C33H38N2O7S. The van der Waals surface area contributed by atoms with Crippen LogP contribution in [-0.2, 0) is 16.6 Å². The number of ketones is 1. The fourth-order valence-corrected chi connectivity index (χ4v) is 7.63. The third-order valence-electron chi connectivity index (χ3n) is 8.16. The molecule has 1 aliphatic rings. The first-order valence-electron chi connectivity index (χ1n) is 14.4. The molecule has 228 valence electrons. The molecule has 0 spiro atoms. The fourth-order valence-electron chi connectivity index (χ4n) is 5.96. The number of ether oxygens (including phenoxy) is 4. The summed E-state index contributed by atoms with van der Waals surface area (Å²) >= 11 is 0. The predicted octanol–water partition coefficient (Wildman–Crippen LogP) is 5.89. The first-order chi connectivity index (χ1) is 20.8. The number of carbonyl (C=O) groups excluding carboxylic acids is 1. The van der Waals surface area contributed by atoms with Gasteiger partial charge in [0.25, 0.3) is 0 Å². The molecule has 5 rings (SSSR count). The molecule has 1 atom stereocenters. The van der Waals surface area contributed by atoms with Gasteiger partial charge in [-0.3, -0.25) is 4.79 Å². The molecule has 0 saturated carbocycles. The number of aromatic nitrogens is 1. The standard InChI is InChI=1S/C33H38N2O7S/c1-6-7-17-35-27-11-9-8-10-25(27)31(32(35)33(36)26-19-23(39-2)12-14-28(26)41-4)22-16-18-34(21-22)43(37,38)30-20-24(40-3)13-15-29(30)42-5/h8-15,19-20,22H,6-7,16-18,21H2,1-5H3. The number of sulfonamides is 1. The second kappa shape index (κ2) is 12.7. The van der Waals surface area contributed by atoms with Crippen LogP contribution in [0.25, 0.3) is 10.9 Å². The molecule has 0 radical (unpaired) electrons. The number of carbonyl (C=O) groups is 1. The minimum atomic E-state index is -3.92. The predicted molar refractivity (Wildman–Crippen MR) is 165 cm³/mol. The van der Waals surface area contributed by atoms with Gasteiger partial charge in [-0.1, -0.05) is 31.5 Å². The van der Waals surface area contributed by atoms with Crippen molar-refractivity contribution in [3.05, 3.63) is 77.5 Å². The van der Waals surface area contributed by atoms with E-state index in [0.29, 0.717) is 48.0 Å². The lowest BCUT2D eigenvalue weighted by Gasteiger charge is -2.20. The van der Waals surface area contributed by atoms with E-state index in [-0.39, 0.29) is 28.9 Å². The maximum Gasteiger partial charge on any atom is 0.246 e. The summed E-state index contributed by atoms with van der Waals surface area (Å²) < 4.78 is 53.2. The van der Waals surface area contributed by atoms with Crippen LogP contribution in [-0.4, -0.2) is 64.6 Å². The van der Waals surface area contributed by atoms with Crippen molar-refractivity contribution in [2.75, 3.05) is 41.5 Å². The van der Waals surface area contributed by atoms with Crippen molar-refractivity contribution < 1.29 is 32.2 Å². The van der Waals surface area contributed by atoms with Crippen LogP contribution < -0.4 is 18.9 Å². The molecule has 0 amide bonds. The molecule has 1 fully saturated rings. The highest BCUT2D eigenvalue weighted by molar-refractivity contribution is 7.89. The molecule has 9 nitrogen and oxygen atoms in total. The van der Waals surface area contributed by atoms with Crippen LogP contribution in [0.15, 0.2) is 65.6 Å². The smallest absolute Gasteiger partial charge is 0.246 e. The van der Waals surface area contributed by atoms with Gasteiger partial charge in [0.15, 0.2) is 0 Å². The Hall–Kier alpha value is -4.02. The van der Waals surface area contributed by atoms with Crippen LogP contribution in [0.3, 0.4) is 0 Å². The van der Waals surface area contributed by atoms with Crippen LogP contribution in [0.5, 0.6) is 23.0 Å². The van der Waals surface area contributed by atoms with Gasteiger partial charge in [-0.15, -0.1) is 0 Å². The molecule has 0 N–H and O–H groups in total. The number of aryl methyl sites for hydroxylation is 1. The summed E-state index contributed by atoms with van der Waals surface area (Å²) in [4.78, 5) is 14.6. The van der Waals surface area contributed by atoms with Gasteiger partial charge in [0.05, 0.1) is 39.7 Å². The number of fused-ring (bicyclic) bond motifs is 1. The average molecular weight is 607 g/mol. The van der Waals surface area contributed by atoms with Crippen LogP contribution >= 0.6 is 0 Å². The Kier molecular flexibility index (Phi) is 8.98. The third-order valence-corrected chi connectivity index (χ3v) is 10.0. The van der Waals surface area contributed by atoms with E-state index in [4.69, 9.17) is 18.9 Å². The highest BCUT2D eigenvalue weighted by atomic mass is 32.2. The van der Waals surface area contributed by atoms with Crippen molar-refractivity contribution in [3.8, 4) is 23.0 Å². The summed E-state index contributed by atoms with van der Waals surface area (Å²) in [6.45, 7) is 3.30. The molecule has 3 aromatic carbocycles. The highest BCUT2D eigenvalue weighted by Crippen LogP contribution is 2.42. The number of hydrogen-bond acceptors (Lipinski definition) is 7. The Bertz CT molecular complexity index is 1750. The Balaban J connectivity index is 1.64. The lowest BCUT2D eigenvalue weighted by atomic mass is 9.92. The maximum absolute atomic E-state index is 14.6. The van der Waals surface area contributed by atoms with Gasteiger partial charge in [0.2, 0.25) is 15.8 Å². The number of benzene rings is 3. The number of hydrogen-bond donors (Lipinski definition) is 0. The van der Waals surface area contributed by atoms with Crippen molar-refractivity contribution in [2.45, 2.75) is 43.5 Å². The lowest BCUT2D eigenvalue weighted by molar-refractivity contribution is 0.102. The number of nitrogens with zero attached hydrogens (tertiary/aromatic N) is 2. The largest absolute Gasteiger partial charge is 0.497 e. The molecule has 1 unspecified atom stereocenters. The minimum Gasteiger partial charge on any atom is -0.497 e. The van der Waals surface area contributed by atoms with E-state index in [1.165, 1.54) is 24.6 Å². The van der Waals surface area contributed by atoms with Gasteiger partial charge >= 0.3 is 0 Å². The number of unbranched alkanes of at least 4 members (excludes halogenated alkanes) is 1. The molecule has 0 bridgehead atoms. The summed E-state index contributed by atoms with van der Waals surface area (Å²) in [7, 11) is 2.12. The normalized spacial score (nSPS) is 15.5. The Labute approximate surface area is 253 Å². The lowest BCUT2D eigenvalue weighted by Crippen LogP contribution is -2.29. The van der Waals surface area contributed by atoms with Crippen molar-refractivity contribution in [2.24, 2.45) is 0 Å². The zero-order valence-electron chi connectivity index (χ0n) is 25.3. The first kappa shape index (κ1) is 30.4. The fraction of sp³-hybridized carbons (Fsp3) is 0.364. The highest BCUT2D eigenvalue weighted by Gasteiger charge is 2.39. The molecule has 10 heteroatoms. The summed E-state index contributed by atoms with van der Waals surface area (Å²) in [5.74, 6) is 1.27. The SMILES string of the molecule is CCCCn1c(C(=O)c2cc(OC)ccc2OC)c(C2CCN(S(=O)(=O)c3cc(OC)ccc3OC)C2)c2ccccc21. The van der Waals surface area contributed by atoms with E-state index in [0.717, 1.165) is 29.3 Å². The zero-order valence-corrected chi connectivity index (χ0v) is 26.1. The summed E-state index contributed by atoms with van der Waals surface area (Å²) in [6.07, 6.45) is 2.40. The number of rotatable bonds is 12. The van der Waals surface area contributed by atoms with Crippen LogP contribution in [0.2, 0.25) is 0 Å². The summed E-state index contributed by atoms with van der Waals surface area (Å²) in [5.41, 5.74) is 2.76. The van der Waals surface area contributed by atoms with Gasteiger partial charge in [0.1, 0.15) is 27.9 Å². The van der Waals surface area contributed by atoms with E-state index in [2.05, 4.69) is 11.5 Å². The summed E-state index contributed by atoms with van der Waals surface area (Å²) in [6, 6.07) is 17.9. The van der Waals surface area contributed by atoms with Gasteiger partial charge in [-0.05, 0) is 54.8 Å². The van der Waals surface area contributed by atoms with Crippen LogP contribution in [0.1, 0.15) is 53.7 Å². The van der Waals surface area contributed by atoms with Crippen molar-refractivity contribution in [1.82, 2.24) is 8.87 Å². The van der Waals surface area contributed by atoms with Gasteiger partial charge in [0, 0.05) is 42.5 Å². The number of para-hydroxylation sites is 1. The average Bonchev–Trinajstić information content (AvgIpc) is 3.66. The van der Waals surface area contributed by atoms with E-state index < -0.39 is 10.0 Å². The van der Waals surface area contributed by atoms with Crippen molar-refractivity contribution >= 4 is 26.7 Å². The molecule has 1 aromatic heterocycles. The van der Waals surface area contributed by atoms with Gasteiger partial charge < -0.3 is 23.5 Å². The third kappa shape index (κ3) is 5.57. The van der Waals surface area contributed by atoms with E-state index in [1.54, 1.807) is 44.6 Å². The van der Waals surface area contributed by atoms with E-state index >= 15 is 0 Å². The Morgan fingerprint density at radius 1 is 0.884 bits per heavy atom. The topological polar surface area (TPSA) is 96.3 Å². The number of methoxy groups -OCH3 is 4. The molecular weight excluding hydrogens is 568 g/mol.